The fourth-order valence-electron chi connectivity index (χ4n) is 3.98. The summed E-state index contributed by atoms with van der Waals surface area (Å²) in [5.41, 5.74) is -1.18. The largest absolute Gasteiger partial charge is 0.342 e. The minimum Gasteiger partial charge on any atom is -0.342 e. The van der Waals surface area contributed by atoms with Gasteiger partial charge in [0.1, 0.15) is 0 Å². The van der Waals surface area contributed by atoms with E-state index in [9.17, 15) is 14.4 Å². The van der Waals surface area contributed by atoms with Gasteiger partial charge in [0.15, 0.2) is 0 Å². The summed E-state index contributed by atoms with van der Waals surface area (Å²) in [4.78, 5) is 40.6. The maximum atomic E-state index is 14.1. The number of imide groups is 1. The molecule has 1 heterocycles. The van der Waals surface area contributed by atoms with Crippen LogP contribution in [-0.4, -0.2) is 47.1 Å². The molecular formula is C23H24N2O3. The lowest BCUT2D eigenvalue weighted by Crippen LogP contribution is -2.42. The van der Waals surface area contributed by atoms with Gasteiger partial charge in [-0.15, -0.1) is 0 Å². The van der Waals surface area contributed by atoms with Crippen LogP contribution in [0.15, 0.2) is 54.6 Å². The van der Waals surface area contributed by atoms with Crippen molar-refractivity contribution in [2.24, 2.45) is 5.92 Å². The lowest BCUT2D eigenvalue weighted by atomic mass is 9.91. The second kappa shape index (κ2) is 6.89. The van der Waals surface area contributed by atoms with E-state index in [-0.39, 0.29) is 34.6 Å². The summed E-state index contributed by atoms with van der Waals surface area (Å²) in [5.74, 6) is -3.45. The Balaban J connectivity index is 1.80. The molecule has 3 amide bonds. The summed E-state index contributed by atoms with van der Waals surface area (Å²) in [6.45, 7) is -14.9. The molecule has 2 atom stereocenters. The van der Waals surface area contributed by atoms with Crippen molar-refractivity contribution in [3.05, 3.63) is 71.3 Å². The van der Waals surface area contributed by atoms with Crippen molar-refractivity contribution in [2.75, 3.05) is 19.5 Å². The average Bonchev–Trinajstić information content (AvgIpc) is 3.50. The first-order chi connectivity index (χ1) is 17.4. The predicted octanol–water partition coefficient (Wildman–Crippen LogP) is 3.11. The predicted molar refractivity (Wildman–Crippen MR) is 106 cm³/mol. The van der Waals surface area contributed by atoms with Crippen LogP contribution in [0.25, 0.3) is 0 Å². The Labute approximate surface area is 179 Å². The van der Waals surface area contributed by atoms with Crippen molar-refractivity contribution < 1.29 is 28.1 Å². The topological polar surface area (TPSA) is 57.7 Å². The number of benzene rings is 2. The Morgan fingerprint density at radius 3 is 2.21 bits per heavy atom. The first-order valence-electron chi connectivity index (χ1n) is 13.7. The van der Waals surface area contributed by atoms with E-state index in [2.05, 4.69) is 0 Å². The molecule has 5 heteroatoms. The van der Waals surface area contributed by atoms with Crippen LogP contribution in [0.1, 0.15) is 60.1 Å². The van der Waals surface area contributed by atoms with Crippen LogP contribution < -0.4 is 0 Å². The van der Waals surface area contributed by atoms with E-state index in [0.717, 1.165) is 4.90 Å². The number of hydrogen-bond donors (Lipinski definition) is 0. The highest BCUT2D eigenvalue weighted by atomic mass is 16.2. The van der Waals surface area contributed by atoms with Crippen molar-refractivity contribution in [2.45, 2.75) is 25.5 Å². The van der Waals surface area contributed by atoms with Crippen molar-refractivity contribution in [1.29, 1.82) is 0 Å². The Morgan fingerprint density at radius 2 is 1.64 bits per heavy atom. The van der Waals surface area contributed by atoms with Crippen LogP contribution in [0.3, 0.4) is 0 Å². The SMILES string of the molecule is [2H]C([2H])([2H])C([2H])([2H])N(C(=O)[C@@]1(c2ccccc2)C[C@@H]1CN1C(=O)c2ccccc2C1=O)C([2H])([2H])C([2H])([2H])[2H]. The molecule has 1 aliphatic carbocycles. The van der Waals surface area contributed by atoms with Crippen molar-refractivity contribution in [3.63, 3.8) is 0 Å². The molecule has 0 spiro atoms. The highest BCUT2D eigenvalue weighted by molar-refractivity contribution is 6.21. The normalized spacial score (nSPS) is 30.1. The fraction of sp³-hybridized carbons (Fsp3) is 0.348. The molecule has 28 heavy (non-hydrogen) atoms. The molecule has 0 aromatic heterocycles. The third-order valence-corrected chi connectivity index (χ3v) is 5.48. The smallest absolute Gasteiger partial charge is 0.261 e. The van der Waals surface area contributed by atoms with Crippen LogP contribution >= 0.6 is 0 Å². The number of rotatable bonds is 6. The van der Waals surface area contributed by atoms with E-state index < -0.39 is 55.8 Å². The Hall–Kier alpha value is -2.95. The molecular weight excluding hydrogens is 352 g/mol. The first-order valence-corrected chi connectivity index (χ1v) is 8.74. The molecule has 5 nitrogen and oxygen atoms in total. The molecule has 1 fully saturated rings. The second-order valence-electron chi connectivity index (χ2n) is 6.87. The molecule has 4 rings (SSSR count). The number of nitrogens with zero attached hydrogens (tertiary/aromatic N) is 2. The van der Waals surface area contributed by atoms with Crippen molar-refractivity contribution >= 4 is 17.7 Å². The molecule has 0 radical (unpaired) electrons. The van der Waals surface area contributed by atoms with Gasteiger partial charge in [-0.2, -0.15) is 0 Å². The maximum Gasteiger partial charge on any atom is 0.261 e. The van der Waals surface area contributed by atoms with E-state index >= 15 is 0 Å². The van der Waals surface area contributed by atoms with Gasteiger partial charge in [-0.25, -0.2) is 0 Å². The summed E-state index contributed by atoms with van der Waals surface area (Å²) < 4.78 is 78.7. The molecule has 0 unspecified atom stereocenters. The Morgan fingerprint density at radius 1 is 1.07 bits per heavy atom. The van der Waals surface area contributed by atoms with E-state index in [1.54, 1.807) is 30.3 Å². The monoisotopic (exact) mass is 386 g/mol. The molecule has 2 aromatic carbocycles. The minimum atomic E-state index is -3.72. The molecule has 2 aliphatic rings. The fourth-order valence-corrected chi connectivity index (χ4v) is 3.98. The number of likely N-dealkylation sites (N-methyl/N-ethyl adjacent to an activating group) is 1. The number of hydrogen-bond acceptors (Lipinski definition) is 3. The zero-order chi connectivity index (χ0) is 28.5. The van der Waals surface area contributed by atoms with Gasteiger partial charge in [-0.3, -0.25) is 19.3 Å². The zero-order valence-electron chi connectivity index (χ0n) is 24.8. The van der Waals surface area contributed by atoms with E-state index in [1.807, 2.05) is 0 Å². The quantitative estimate of drug-likeness (QED) is 0.717. The average molecular weight is 387 g/mol. The lowest BCUT2D eigenvalue weighted by Gasteiger charge is -2.27. The van der Waals surface area contributed by atoms with Gasteiger partial charge in [0.25, 0.3) is 11.8 Å². The van der Waals surface area contributed by atoms with E-state index in [0.29, 0.717) is 0 Å². The van der Waals surface area contributed by atoms with Crippen LogP contribution in [-0.2, 0) is 10.2 Å². The van der Waals surface area contributed by atoms with Gasteiger partial charge in [0.05, 0.1) is 16.5 Å². The van der Waals surface area contributed by atoms with E-state index in [4.69, 9.17) is 13.7 Å². The molecule has 144 valence electrons. The zero-order valence-corrected chi connectivity index (χ0v) is 14.8. The van der Waals surface area contributed by atoms with Crippen molar-refractivity contribution in [1.82, 2.24) is 9.80 Å². The molecule has 0 saturated heterocycles. The van der Waals surface area contributed by atoms with E-state index in [1.165, 1.54) is 24.3 Å². The third-order valence-electron chi connectivity index (χ3n) is 5.48. The molecule has 1 saturated carbocycles. The Kier molecular flexibility index (Phi) is 2.46. The van der Waals surface area contributed by atoms with Gasteiger partial charge >= 0.3 is 0 Å². The Bertz CT molecular complexity index is 1230. The van der Waals surface area contributed by atoms with Gasteiger partial charge in [-0.1, -0.05) is 42.5 Å². The van der Waals surface area contributed by atoms with Crippen LogP contribution in [0.5, 0.6) is 0 Å². The first kappa shape index (κ1) is 10.0. The van der Waals surface area contributed by atoms with Crippen molar-refractivity contribution in [3.8, 4) is 0 Å². The number of carbonyl (C=O) groups excluding carboxylic acids is 3. The second-order valence-corrected chi connectivity index (χ2v) is 6.87. The molecule has 0 N–H and O–H groups in total. The van der Waals surface area contributed by atoms with Gasteiger partial charge in [-0.05, 0) is 43.7 Å². The van der Waals surface area contributed by atoms with Crippen LogP contribution in [0.4, 0.5) is 0 Å². The highest BCUT2D eigenvalue weighted by Gasteiger charge is 2.63. The number of carbonyl (C=O) groups is 3. The summed E-state index contributed by atoms with van der Waals surface area (Å²) in [6, 6.07) is 13.9. The van der Waals surface area contributed by atoms with Gasteiger partial charge in [0, 0.05) is 33.2 Å². The lowest BCUT2D eigenvalue weighted by molar-refractivity contribution is -0.134. The molecule has 0 bridgehead atoms. The molecule has 2 aromatic rings. The van der Waals surface area contributed by atoms with Crippen LogP contribution in [0, 0.1) is 5.92 Å². The van der Waals surface area contributed by atoms with Gasteiger partial charge in [0.2, 0.25) is 5.91 Å². The summed E-state index contributed by atoms with van der Waals surface area (Å²) >= 11 is 0. The van der Waals surface area contributed by atoms with Gasteiger partial charge < -0.3 is 4.90 Å². The summed E-state index contributed by atoms with van der Waals surface area (Å²) in [7, 11) is 0. The third kappa shape index (κ3) is 2.65. The minimum absolute atomic E-state index is 0.103. The molecule has 1 aliphatic heterocycles. The number of amides is 3. The maximum absolute atomic E-state index is 14.1. The summed E-state index contributed by atoms with van der Waals surface area (Å²) in [5, 5.41) is 0. The standard InChI is InChI=1S/C23H24N2O3/c1-3-24(4-2)22(28)23(16-10-6-5-7-11-16)14-17(23)15-25-20(26)18-12-8-9-13-19(18)21(25)27/h5-13,17H,3-4,14-15H2,1-2H3/t17-,23-/m1/s1/i1D3,2D3,3D2,4D2. The summed E-state index contributed by atoms with van der Waals surface area (Å²) in [6.07, 6.45) is -0.103. The number of fused-ring (bicyclic) bond motifs is 1. The highest BCUT2D eigenvalue weighted by Crippen LogP contribution is 2.56. The van der Waals surface area contributed by atoms with Crippen LogP contribution in [0.2, 0.25) is 0 Å².